The molecular weight excluding hydrogens is 250 g/mol. The van der Waals surface area contributed by atoms with Crippen molar-refractivity contribution in [3.63, 3.8) is 0 Å². The van der Waals surface area contributed by atoms with E-state index in [4.69, 9.17) is 5.73 Å². The molecule has 0 saturated carbocycles. The van der Waals surface area contributed by atoms with E-state index in [2.05, 4.69) is 24.1 Å². The second-order valence-electron chi connectivity index (χ2n) is 6.02. The molecule has 2 aliphatic rings. The predicted octanol–water partition coefficient (Wildman–Crippen LogP) is 1.81. The highest BCUT2D eigenvalue weighted by molar-refractivity contribution is 5.78. The second-order valence-corrected chi connectivity index (χ2v) is 6.02. The number of carbonyl (C=O) groups excluding carboxylic acids is 1. The summed E-state index contributed by atoms with van der Waals surface area (Å²) in [6.07, 6.45) is 4.46. The number of nitrogens with zero attached hydrogens (tertiary/aromatic N) is 2. The molecule has 108 valence electrons. The van der Waals surface area contributed by atoms with Crippen LogP contribution in [0.5, 0.6) is 0 Å². The first-order chi connectivity index (χ1) is 9.65. The Morgan fingerprint density at radius 3 is 2.90 bits per heavy atom. The zero-order valence-corrected chi connectivity index (χ0v) is 12.1. The molecule has 3 rings (SSSR count). The third-order valence-electron chi connectivity index (χ3n) is 4.59. The van der Waals surface area contributed by atoms with Gasteiger partial charge in [-0.3, -0.25) is 9.69 Å². The van der Waals surface area contributed by atoms with Gasteiger partial charge in [0.05, 0.1) is 6.54 Å². The normalized spacial score (nSPS) is 21.5. The molecule has 1 amide bonds. The fourth-order valence-electron chi connectivity index (χ4n) is 3.46. The van der Waals surface area contributed by atoms with Crippen LogP contribution < -0.4 is 5.73 Å². The number of hydrogen-bond acceptors (Lipinski definition) is 3. The number of aryl methyl sites for hydroxylation is 1. The van der Waals surface area contributed by atoms with Crippen molar-refractivity contribution in [3.05, 3.63) is 29.3 Å². The van der Waals surface area contributed by atoms with E-state index in [9.17, 15) is 4.79 Å². The van der Waals surface area contributed by atoms with Gasteiger partial charge in [0.15, 0.2) is 0 Å². The van der Waals surface area contributed by atoms with Gasteiger partial charge in [-0.05, 0) is 56.0 Å². The second kappa shape index (κ2) is 5.44. The van der Waals surface area contributed by atoms with E-state index in [1.165, 1.54) is 11.1 Å². The van der Waals surface area contributed by atoms with Gasteiger partial charge in [-0.2, -0.15) is 0 Å². The van der Waals surface area contributed by atoms with Gasteiger partial charge < -0.3 is 10.6 Å². The minimum atomic E-state index is 0.272. The molecule has 1 saturated heterocycles. The molecule has 2 N–H and O–H groups in total. The maximum atomic E-state index is 12.2. The first-order valence-electron chi connectivity index (χ1n) is 7.51. The molecule has 4 heteroatoms. The SMILES string of the molecule is CN(CC(=O)N1CCCC1)C1CCc2cc(N)ccc21. The number of amides is 1. The smallest absolute Gasteiger partial charge is 0.236 e. The van der Waals surface area contributed by atoms with Crippen molar-refractivity contribution in [2.75, 3.05) is 32.4 Å². The third-order valence-corrected chi connectivity index (χ3v) is 4.59. The highest BCUT2D eigenvalue weighted by atomic mass is 16.2. The molecule has 0 radical (unpaired) electrons. The van der Waals surface area contributed by atoms with Crippen LogP contribution in [0.3, 0.4) is 0 Å². The molecule has 1 unspecified atom stereocenters. The highest BCUT2D eigenvalue weighted by Crippen LogP contribution is 2.35. The van der Waals surface area contributed by atoms with Crippen LogP contribution in [0.1, 0.15) is 36.4 Å². The number of anilines is 1. The van der Waals surface area contributed by atoms with Crippen molar-refractivity contribution in [3.8, 4) is 0 Å². The van der Waals surface area contributed by atoms with E-state index in [1.54, 1.807) is 0 Å². The number of benzene rings is 1. The summed E-state index contributed by atoms with van der Waals surface area (Å²) < 4.78 is 0. The van der Waals surface area contributed by atoms with Crippen molar-refractivity contribution in [2.24, 2.45) is 0 Å². The summed E-state index contributed by atoms with van der Waals surface area (Å²) in [5.41, 5.74) is 9.36. The summed E-state index contributed by atoms with van der Waals surface area (Å²) in [5, 5.41) is 0. The number of likely N-dealkylation sites (tertiary alicyclic amines) is 1. The Morgan fingerprint density at radius 2 is 2.15 bits per heavy atom. The summed E-state index contributed by atoms with van der Waals surface area (Å²) in [6.45, 7) is 2.39. The zero-order chi connectivity index (χ0) is 14.1. The Hall–Kier alpha value is -1.55. The van der Waals surface area contributed by atoms with Gasteiger partial charge in [0, 0.05) is 24.8 Å². The average Bonchev–Trinajstić information content (AvgIpc) is 3.07. The van der Waals surface area contributed by atoms with E-state index >= 15 is 0 Å². The van der Waals surface area contributed by atoms with Crippen LogP contribution in [0.15, 0.2) is 18.2 Å². The van der Waals surface area contributed by atoms with E-state index in [0.29, 0.717) is 12.6 Å². The number of carbonyl (C=O) groups is 1. The predicted molar refractivity (Wildman–Crippen MR) is 80.4 cm³/mol. The van der Waals surface area contributed by atoms with E-state index in [0.717, 1.165) is 44.5 Å². The fourth-order valence-corrected chi connectivity index (χ4v) is 3.46. The minimum Gasteiger partial charge on any atom is -0.399 e. The highest BCUT2D eigenvalue weighted by Gasteiger charge is 2.28. The van der Waals surface area contributed by atoms with Gasteiger partial charge in [-0.15, -0.1) is 0 Å². The molecule has 1 aromatic rings. The Kier molecular flexibility index (Phi) is 3.66. The summed E-state index contributed by atoms with van der Waals surface area (Å²) in [5.74, 6) is 0.272. The zero-order valence-electron chi connectivity index (χ0n) is 12.1. The lowest BCUT2D eigenvalue weighted by atomic mass is 10.1. The van der Waals surface area contributed by atoms with Gasteiger partial charge >= 0.3 is 0 Å². The van der Waals surface area contributed by atoms with E-state index in [-0.39, 0.29) is 5.91 Å². The summed E-state index contributed by atoms with van der Waals surface area (Å²) in [7, 11) is 2.06. The van der Waals surface area contributed by atoms with E-state index in [1.807, 2.05) is 11.0 Å². The number of hydrogen-bond donors (Lipinski definition) is 1. The van der Waals surface area contributed by atoms with Crippen LogP contribution >= 0.6 is 0 Å². The largest absolute Gasteiger partial charge is 0.399 e. The number of nitrogens with two attached hydrogens (primary N) is 1. The Labute approximate surface area is 120 Å². The van der Waals surface area contributed by atoms with Crippen molar-refractivity contribution < 1.29 is 4.79 Å². The third kappa shape index (κ3) is 2.52. The molecule has 0 spiro atoms. The van der Waals surface area contributed by atoms with Crippen molar-refractivity contribution in [2.45, 2.75) is 31.7 Å². The van der Waals surface area contributed by atoms with Crippen LogP contribution in [0.25, 0.3) is 0 Å². The van der Waals surface area contributed by atoms with Gasteiger partial charge in [-0.1, -0.05) is 6.07 Å². The lowest BCUT2D eigenvalue weighted by Crippen LogP contribution is -2.38. The summed E-state index contributed by atoms with van der Waals surface area (Å²) in [4.78, 5) is 16.4. The standard InChI is InChI=1S/C16H23N3O/c1-18(11-16(20)19-8-2-3-9-19)15-7-4-12-10-13(17)5-6-14(12)15/h5-6,10,15H,2-4,7-9,11,17H2,1H3. The van der Waals surface area contributed by atoms with Crippen LogP contribution in [0.2, 0.25) is 0 Å². The molecule has 20 heavy (non-hydrogen) atoms. The van der Waals surface area contributed by atoms with Crippen LogP contribution in [0, 0.1) is 0 Å². The summed E-state index contributed by atoms with van der Waals surface area (Å²) >= 11 is 0. The summed E-state index contributed by atoms with van der Waals surface area (Å²) in [6, 6.07) is 6.52. The molecule has 1 aromatic carbocycles. The number of fused-ring (bicyclic) bond motifs is 1. The molecule has 1 fully saturated rings. The molecule has 1 aliphatic heterocycles. The lowest BCUT2D eigenvalue weighted by Gasteiger charge is -2.27. The molecule has 0 aromatic heterocycles. The molecule has 4 nitrogen and oxygen atoms in total. The van der Waals surface area contributed by atoms with Gasteiger partial charge in [-0.25, -0.2) is 0 Å². The van der Waals surface area contributed by atoms with Gasteiger partial charge in [0.2, 0.25) is 5.91 Å². The number of nitrogen functional groups attached to an aromatic ring is 1. The van der Waals surface area contributed by atoms with Crippen molar-refractivity contribution in [1.29, 1.82) is 0 Å². The van der Waals surface area contributed by atoms with Gasteiger partial charge in [0.25, 0.3) is 0 Å². The number of likely N-dealkylation sites (N-methyl/N-ethyl adjacent to an activating group) is 1. The molecular formula is C16H23N3O. The quantitative estimate of drug-likeness (QED) is 0.855. The molecule has 1 atom stereocenters. The fraction of sp³-hybridized carbons (Fsp3) is 0.562. The average molecular weight is 273 g/mol. The Morgan fingerprint density at radius 1 is 1.40 bits per heavy atom. The van der Waals surface area contributed by atoms with Crippen molar-refractivity contribution in [1.82, 2.24) is 9.80 Å². The maximum Gasteiger partial charge on any atom is 0.236 e. The molecule has 0 bridgehead atoms. The number of rotatable bonds is 3. The monoisotopic (exact) mass is 273 g/mol. The minimum absolute atomic E-state index is 0.272. The molecule has 1 aliphatic carbocycles. The maximum absolute atomic E-state index is 12.2. The first kappa shape index (κ1) is 13.4. The Bertz CT molecular complexity index is 508. The van der Waals surface area contributed by atoms with Crippen molar-refractivity contribution >= 4 is 11.6 Å². The van der Waals surface area contributed by atoms with Crippen LogP contribution in [-0.4, -0.2) is 42.4 Å². The van der Waals surface area contributed by atoms with Crippen LogP contribution in [0.4, 0.5) is 5.69 Å². The lowest BCUT2D eigenvalue weighted by molar-refractivity contribution is -0.131. The topological polar surface area (TPSA) is 49.6 Å². The Balaban J connectivity index is 1.67. The first-order valence-corrected chi connectivity index (χ1v) is 7.51. The van der Waals surface area contributed by atoms with Gasteiger partial charge in [0.1, 0.15) is 0 Å². The van der Waals surface area contributed by atoms with Crippen LogP contribution in [-0.2, 0) is 11.2 Å². The van der Waals surface area contributed by atoms with E-state index < -0.39 is 0 Å². The molecule has 1 heterocycles.